The number of hydrogen-bond acceptors (Lipinski definition) is 5. The van der Waals surface area contributed by atoms with E-state index in [0.717, 1.165) is 37.3 Å². The van der Waals surface area contributed by atoms with Crippen LogP contribution < -0.4 is 10.2 Å². The Morgan fingerprint density at radius 2 is 2.00 bits per heavy atom. The van der Waals surface area contributed by atoms with Crippen LogP contribution in [0.1, 0.15) is 19.3 Å². The summed E-state index contributed by atoms with van der Waals surface area (Å²) in [4.78, 5) is 6.69. The first kappa shape index (κ1) is 14.0. The highest BCUT2D eigenvalue weighted by Crippen LogP contribution is 2.34. The second kappa shape index (κ2) is 5.24. The van der Waals surface area contributed by atoms with Crippen LogP contribution in [0.5, 0.6) is 0 Å². The Kier molecular flexibility index (Phi) is 3.34. The average Bonchev–Trinajstić information content (AvgIpc) is 3.20. The maximum atomic E-state index is 13.3. The Balaban J connectivity index is 1.57. The summed E-state index contributed by atoms with van der Waals surface area (Å²) in [7, 11) is 0. The van der Waals surface area contributed by atoms with Crippen molar-refractivity contribution in [1.29, 1.82) is 0 Å². The molecule has 7 heteroatoms. The number of halogens is 2. The third-order valence-electron chi connectivity index (χ3n) is 4.49. The minimum Gasteiger partial charge on any atom is -0.345 e. The van der Waals surface area contributed by atoms with Crippen LogP contribution >= 0.6 is 11.5 Å². The first-order valence-electron chi connectivity index (χ1n) is 7.44. The lowest BCUT2D eigenvalue weighted by atomic mass is 9.97. The van der Waals surface area contributed by atoms with Crippen molar-refractivity contribution in [2.75, 3.05) is 24.5 Å². The molecule has 1 unspecified atom stereocenters. The summed E-state index contributed by atoms with van der Waals surface area (Å²) in [5.41, 5.74) is 0.601. The van der Waals surface area contributed by atoms with Gasteiger partial charge in [0, 0.05) is 41.8 Å². The zero-order valence-electron chi connectivity index (χ0n) is 12.0. The molecule has 2 aliphatic rings. The highest BCUT2D eigenvalue weighted by atomic mass is 32.1. The number of nitrogens with zero attached hydrogens (tertiary/aromatic N) is 3. The molecule has 0 saturated carbocycles. The van der Waals surface area contributed by atoms with Gasteiger partial charge in [0.15, 0.2) is 5.82 Å². The highest BCUT2D eigenvalue weighted by molar-refractivity contribution is 7.09. The molecule has 0 amide bonds. The number of hydrogen-bond donors (Lipinski definition) is 1. The first-order chi connectivity index (χ1) is 10.6. The SMILES string of the molecule is Fc1cc(F)cc(-c2nsc(N3CCC4(CCCN4)C3)n2)c1. The predicted octanol–water partition coefficient (Wildman–Crippen LogP) is 2.82. The predicted molar refractivity (Wildman–Crippen MR) is 82.1 cm³/mol. The van der Waals surface area contributed by atoms with E-state index in [1.807, 2.05) is 0 Å². The molecule has 4 nitrogen and oxygen atoms in total. The molecule has 1 atom stereocenters. The summed E-state index contributed by atoms with van der Waals surface area (Å²) in [6, 6.07) is 3.38. The third-order valence-corrected chi connectivity index (χ3v) is 5.27. The lowest BCUT2D eigenvalue weighted by molar-refractivity contribution is 0.419. The third kappa shape index (κ3) is 2.48. The van der Waals surface area contributed by atoms with E-state index >= 15 is 0 Å². The number of benzene rings is 1. The highest BCUT2D eigenvalue weighted by Gasteiger charge is 2.40. The van der Waals surface area contributed by atoms with E-state index in [2.05, 4.69) is 19.6 Å². The molecule has 1 N–H and O–H groups in total. The second-order valence-electron chi connectivity index (χ2n) is 6.04. The summed E-state index contributed by atoms with van der Waals surface area (Å²) in [6.45, 7) is 2.95. The second-order valence-corrected chi connectivity index (χ2v) is 6.77. The summed E-state index contributed by atoms with van der Waals surface area (Å²) < 4.78 is 30.9. The van der Waals surface area contributed by atoms with Gasteiger partial charge in [-0.1, -0.05) is 0 Å². The molecule has 2 saturated heterocycles. The molecule has 2 aromatic rings. The molecule has 1 aromatic heterocycles. The largest absolute Gasteiger partial charge is 0.345 e. The fraction of sp³-hybridized carbons (Fsp3) is 0.467. The monoisotopic (exact) mass is 322 g/mol. The molecule has 22 heavy (non-hydrogen) atoms. The van der Waals surface area contributed by atoms with E-state index in [0.29, 0.717) is 11.4 Å². The van der Waals surface area contributed by atoms with E-state index < -0.39 is 11.6 Å². The normalized spacial score (nSPS) is 24.5. The van der Waals surface area contributed by atoms with E-state index in [1.54, 1.807) is 0 Å². The van der Waals surface area contributed by atoms with Gasteiger partial charge >= 0.3 is 0 Å². The van der Waals surface area contributed by atoms with Crippen LogP contribution in [0, 0.1) is 11.6 Å². The molecule has 1 aromatic carbocycles. The van der Waals surface area contributed by atoms with Gasteiger partial charge in [0.2, 0.25) is 5.13 Å². The van der Waals surface area contributed by atoms with Crippen molar-refractivity contribution in [2.45, 2.75) is 24.8 Å². The zero-order chi connectivity index (χ0) is 15.2. The van der Waals surface area contributed by atoms with Crippen molar-refractivity contribution < 1.29 is 8.78 Å². The first-order valence-corrected chi connectivity index (χ1v) is 8.21. The van der Waals surface area contributed by atoms with Crippen LogP contribution in [0.2, 0.25) is 0 Å². The summed E-state index contributed by atoms with van der Waals surface area (Å²) in [6.07, 6.45) is 3.53. The van der Waals surface area contributed by atoms with Crippen LogP contribution in [0.25, 0.3) is 11.4 Å². The summed E-state index contributed by atoms with van der Waals surface area (Å²) in [5, 5.41) is 4.43. The van der Waals surface area contributed by atoms with Crippen molar-refractivity contribution in [3.63, 3.8) is 0 Å². The quantitative estimate of drug-likeness (QED) is 0.923. The number of aromatic nitrogens is 2. The molecule has 3 heterocycles. The Morgan fingerprint density at radius 1 is 1.18 bits per heavy atom. The van der Waals surface area contributed by atoms with Crippen LogP contribution in [0.4, 0.5) is 13.9 Å². The molecular weight excluding hydrogens is 306 g/mol. The van der Waals surface area contributed by atoms with Gasteiger partial charge in [-0.2, -0.15) is 9.36 Å². The number of rotatable bonds is 2. The average molecular weight is 322 g/mol. The van der Waals surface area contributed by atoms with Crippen LogP contribution in [0.3, 0.4) is 0 Å². The summed E-state index contributed by atoms with van der Waals surface area (Å²) in [5.74, 6) is -0.831. The topological polar surface area (TPSA) is 41.1 Å². The van der Waals surface area contributed by atoms with Crippen molar-refractivity contribution in [2.24, 2.45) is 0 Å². The Labute approximate surface area is 131 Å². The smallest absolute Gasteiger partial charge is 0.205 e. The molecule has 1 spiro atoms. The molecular formula is C15H16F2N4S. The van der Waals surface area contributed by atoms with Gasteiger partial charge in [-0.05, 0) is 37.9 Å². The van der Waals surface area contributed by atoms with Crippen LogP contribution in [-0.2, 0) is 0 Å². The van der Waals surface area contributed by atoms with Crippen LogP contribution in [0.15, 0.2) is 18.2 Å². The van der Waals surface area contributed by atoms with Crippen molar-refractivity contribution in [3.8, 4) is 11.4 Å². The molecule has 2 fully saturated rings. The fourth-order valence-corrected chi connectivity index (χ4v) is 4.11. The van der Waals surface area contributed by atoms with E-state index in [4.69, 9.17) is 0 Å². The minimum atomic E-state index is -0.610. The summed E-state index contributed by atoms with van der Waals surface area (Å²) >= 11 is 1.29. The Hall–Kier alpha value is -1.60. The van der Waals surface area contributed by atoms with Gasteiger partial charge in [-0.15, -0.1) is 0 Å². The van der Waals surface area contributed by atoms with Crippen molar-refractivity contribution in [3.05, 3.63) is 29.8 Å². The standard InChI is InChI=1S/C15H16F2N4S/c16-11-6-10(7-12(17)8-11)13-19-14(22-20-13)21-5-3-15(9-21)2-1-4-18-15/h6-8,18H,1-5,9H2. The van der Waals surface area contributed by atoms with Gasteiger partial charge in [0.1, 0.15) is 11.6 Å². The van der Waals surface area contributed by atoms with Gasteiger partial charge in [-0.3, -0.25) is 0 Å². The van der Waals surface area contributed by atoms with E-state index in [1.165, 1.54) is 36.5 Å². The van der Waals surface area contributed by atoms with E-state index in [9.17, 15) is 8.78 Å². The molecule has 0 aliphatic carbocycles. The zero-order valence-corrected chi connectivity index (χ0v) is 12.8. The van der Waals surface area contributed by atoms with Gasteiger partial charge < -0.3 is 10.2 Å². The lowest BCUT2D eigenvalue weighted by Gasteiger charge is -2.23. The fourth-order valence-electron chi connectivity index (χ4n) is 3.40. The van der Waals surface area contributed by atoms with E-state index in [-0.39, 0.29) is 5.54 Å². The maximum absolute atomic E-state index is 13.3. The maximum Gasteiger partial charge on any atom is 0.205 e. The minimum absolute atomic E-state index is 0.219. The van der Waals surface area contributed by atoms with Gasteiger partial charge in [0.25, 0.3) is 0 Å². The lowest BCUT2D eigenvalue weighted by Crippen LogP contribution is -2.42. The molecule has 2 aliphatic heterocycles. The molecule has 116 valence electrons. The Bertz CT molecular complexity index is 676. The molecule has 4 rings (SSSR count). The van der Waals surface area contributed by atoms with Gasteiger partial charge in [0.05, 0.1) is 0 Å². The van der Waals surface area contributed by atoms with Crippen molar-refractivity contribution in [1.82, 2.24) is 14.7 Å². The molecule has 0 bridgehead atoms. The molecule has 0 radical (unpaired) electrons. The van der Waals surface area contributed by atoms with Crippen LogP contribution in [-0.4, -0.2) is 34.5 Å². The Morgan fingerprint density at radius 3 is 2.73 bits per heavy atom. The number of anilines is 1. The van der Waals surface area contributed by atoms with Gasteiger partial charge in [-0.25, -0.2) is 8.78 Å². The number of nitrogens with one attached hydrogen (secondary N) is 1. The van der Waals surface area contributed by atoms with Crippen molar-refractivity contribution >= 4 is 16.7 Å².